The number of aliphatic hydroxyl groups excluding tert-OH is 1. The summed E-state index contributed by atoms with van der Waals surface area (Å²) in [5.74, 6) is -0.414. The minimum atomic E-state index is -4.42. The Kier molecular flexibility index (Phi) is 5.39. The summed E-state index contributed by atoms with van der Waals surface area (Å²) in [4.78, 5) is 18.4. The van der Waals surface area contributed by atoms with Gasteiger partial charge in [0.05, 0.1) is 6.10 Å². The zero-order valence-electron chi connectivity index (χ0n) is 12.2. The summed E-state index contributed by atoms with van der Waals surface area (Å²) in [6.45, 7) is -2.66. The molecule has 2 rings (SSSR count). The van der Waals surface area contributed by atoms with Crippen LogP contribution in [-0.4, -0.2) is 25.1 Å². The molecule has 0 spiro atoms. The van der Waals surface area contributed by atoms with Crippen LogP contribution >= 0.6 is 18.2 Å². The Morgan fingerprint density at radius 2 is 1.57 bits per heavy atom. The summed E-state index contributed by atoms with van der Waals surface area (Å²) in [5.41, 5.74) is 1.08. The van der Waals surface area contributed by atoms with Gasteiger partial charge in [0.15, 0.2) is 0 Å². The summed E-state index contributed by atoms with van der Waals surface area (Å²) >= 11 is 0.292. The summed E-state index contributed by atoms with van der Waals surface area (Å²) in [6, 6.07) is 10.3. The van der Waals surface area contributed by atoms with Gasteiger partial charge in [-0.2, -0.15) is 0 Å². The first-order chi connectivity index (χ1) is 10.7. The molecule has 0 bridgehead atoms. The van der Waals surface area contributed by atoms with Gasteiger partial charge in [-0.05, 0) is 46.8 Å². The van der Waals surface area contributed by atoms with Crippen molar-refractivity contribution in [2.24, 2.45) is 0 Å². The van der Waals surface area contributed by atoms with Crippen molar-refractivity contribution in [3.05, 3.63) is 53.6 Å². The second kappa shape index (κ2) is 6.95. The highest BCUT2D eigenvalue weighted by atomic mass is 32.7. The standard InChI is InChI=1S/C15H17O6PS/c1-9(10-2-4-11(16)5-3-10)15(18)13-7-6-12(17)8-14(13)23-22(19,20)21/h2-9,15-18H,1H3,(H2,19,20,21). The first-order valence-corrected chi connectivity index (χ1v) is 9.76. The highest BCUT2D eigenvalue weighted by molar-refractivity contribution is 8.54. The number of phenols is 2. The van der Waals surface area contributed by atoms with Gasteiger partial charge in [0.2, 0.25) is 0 Å². The van der Waals surface area contributed by atoms with E-state index in [0.29, 0.717) is 16.9 Å². The molecule has 2 aromatic rings. The van der Waals surface area contributed by atoms with Crippen LogP contribution in [0.1, 0.15) is 30.1 Å². The quantitative estimate of drug-likeness (QED) is 0.522. The van der Waals surface area contributed by atoms with E-state index in [1.165, 1.54) is 30.3 Å². The van der Waals surface area contributed by atoms with Gasteiger partial charge in [-0.1, -0.05) is 25.1 Å². The van der Waals surface area contributed by atoms with E-state index in [2.05, 4.69) is 0 Å². The van der Waals surface area contributed by atoms with Crippen LogP contribution in [0.25, 0.3) is 0 Å². The third-order valence-electron chi connectivity index (χ3n) is 3.43. The van der Waals surface area contributed by atoms with Gasteiger partial charge in [-0.15, -0.1) is 0 Å². The minimum Gasteiger partial charge on any atom is -0.508 e. The Labute approximate surface area is 137 Å². The van der Waals surface area contributed by atoms with Crippen molar-refractivity contribution in [3.8, 4) is 11.5 Å². The second-order valence-electron chi connectivity index (χ2n) is 5.13. The van der Waals surface area contributed by atoms with Crippen molar-refractivity contribution in [1.29, 1.82) is 0 Å². The SMILES string of the molecule is CC(c1ccc(O)cc1)C(O)c1ccc(O)cc1SP(=O)(O)O. The van der Waals surface area contributed by atoms with Gasteiger partial charge in [-0.25, -0.2) is 4.57 Å². The molecule has 0 aliphatic rings. The average Bonchev–Trinajstić information content (AvgIpc) is 2.45. The Hall–Kier alpha value is -1.50. The lowest BCUT2D eigenvalue weighted by molar-refractivity contribution is 0.149. The highest BCUT2D eigenvalue weighted by Gasteiger charge is 2.25. The van der Waals surface area contributed by atoms with Crippen molar-refractivity contribution in [2.75, 3.05) is 0 Å². The van der Waals surface area contributed by atoms with Crippen LogP contribution in [0.3, 0.4) is 0 Å². The number of hydrogen-bond acceptors (Lipinski definition) is 5. The molecule has 23 heavy (non-hydrogen) atoms. The molecule has 0 heterocycles. The van der Waals surface area contributed by atoms with Crippen LogP contribution in [0.5, 0.6) is 11.5 Å². The molecule has 124 valence electrons. The van der Waals surface area contributed by atoms with Crippen molar-refractivity contribution in [3.63, 3.8) is 0 Å². The normalized spacial score (nSPS) is 14.4. The third kappa shape index (κ3) is 4.73. The molecule has 2 atom stereocenters. The van der Waals surface area contributed by atoms with E-state index in [0.717, 1.165) is 5.56 Å². The third-order valence-corrected chi connectivity index (χ3v) is 5.52. The topological polar surface area (TPSA) is 118 Å². The summed E-state index contributed by atoms with van der Waals surface area (Å²) in [7, 11) is 0. The molecular formula is C15H17O6PS. The first kappa shape index (κ1) is 17.8. The Bertz CT molecular complexity index is 727. The lowest BCUT2D eigenvalue weighted by Gasteiger charge is -2.22. The molecule has 5 N–H and O–H groups in total. The van der Waals surface area contributed by atoms with E-state index >= 15 is 0 Å². The minimum absolute atomic E-state index is 0.109. The van der Waals surface area contributed by atoms with Crippen LogP contribution in [0.4, 0.5) is 0 Å². The zero-order valence-corrected chi connectivity index (χ0v) is 13.9. The lowest BCUT2D eigenvalue weighted by atomic mass is 9.90. The van der Waals surface area contributed by atoms with Gasteiger partial charge in [0.1, 0.15) is 11.5 Å². The smallest absolute Gasteiger partial charge is 0.388 e. The monoisotopic (exact) mass is 356 g/mol. The molecule has 2 aromatic carbocycles. The first-order valence-electron chi connectivity index (χ1n) is 6.72. The second-order valence-corrected chi connectivity index (χ2v) is 8.71. The number of aromatic hydroxyl groups is 2. The van der Waals surface area contributed by atoms with E-state index in [1.54, 1.807) is 19.1 Å². The number of benzene rings is 2. The van der Waals surface area contributed by atoms with Crippen molar-refractivity contribution in [1.82, 2.24) is 0 Å². The molecule has 8 heteroatoms. The summed E-state index contributed by atoms with van der Waals surface area (Å²) in [6.07, 6.45) is -1.03. The van der Waals surface area contributed by atoms with Crippen LogP contribution < -0.4 is 0 Å². The Morgan fingerprint density at radius 1 is 1.00 bits per heavy atom. The van der Waals surface area contributed by atoms with E-state index < -0.39 is 12.9 Å². The van der Waals surface area contributed by atoms with Gasteiger partial charge in [-0.3, -0.25) is 0 Å². The van der Waals surface area contributed by atoms with Crippen molar-refractivity contribution in [2.45, 2.75) is 23.8 Å². The maximum Gasteiger partial charge on any atom is 0.388 e. The molecule has 2 unspecified atom stereocenters. The molecule has 0 aromatic heterocycles. The fraction of sp³-hybridized carbons (Fsp3) is 0.200. The molecule has 6 nitrogen and oxygen atoms in total. The van der Waals surface area contributed by atoms with E-state index in [4.69, 9.17) is 9.79 Å². The molecule has 0 amide bonds. The zero-order chi connectivity index (χ0) is 17.2. The van der Waals surface area contributed by atoms with Crippen molar-refractivity contribution < 1.29 is 29.7 Å². The largest absolute Gasteiger partial charge is 0.508 e. The molecule has 0 radical (unpaired) electrons. The average molecular weight is 356 g/mol. The summed E-state index contributed by atoms with van der Waals surface area (Å²) < 4.78 is 11.2. The lowest BCUT2D eigenvalue weighted by Crippen LogP contribution is -2.08. The van der Waals surface area contributed by atoms with Crippen LogP contribution in [0.2, 0.25) is 0 Å². The number of hydrogen-bond donors (Lipinski definition) is 5. The Morgan fingerprint density at radius 3 is 2.13 bits per heavy atom. The van der Waals surface area contributed by atoms with Crippen molar-refractivity contribution >= 4 is 18.2 Å². The summed E-state index contributed by atoms with van der Waals surface area (Å²) in [5, 5.41) is 29.4. The van der Waals surface area contributed by atoms with Crippen LogP contribution in [0, 0.1) is 0 Å². The molecule has 0 saturated carbocycles. The maximum absolute atomic E-state index is 11.2. The number of aliphatic hydroxyl groups is 1. The molecular weight excluding hydrogens is 339 g/mol. The molecule has 0 aliphatic heterocycles. The van der Waals surface area contributed by atoms with Gasteiger partial charge in [0, 0.05) is 10.8 Å². The van der Waals surface area contributed by atoms with Crippen LogP contribution in [0.15, 0.2) is 47.4 Å². The fourth-order valence-electron chi connectivity index (χ4n) is 2.20. The van der Waals surface area contributed by atoms with Gasteiger partial charge in [0.25, 0.3) is 0 Å². The van der Waals surface area contributed by atoms with Gasteiger partial charge < -0.3 is 25.1 Å². The van der Waals surface area contributed by atoms with E-state index in [1.807, 2.05) is 0 Å². The van der Waals surface area contributed by atoms with E-state index in [9.17, 15) is 19.9 Å². The fourth-order valence-corrected chi connectivity index (χ4v) is 4.17. The predicted octanol–water partition coefficient (Wildman–Crippen LogP) is 3.12. The van der Waals surface area contributed by atoms with E-state index in [-0.39, 0.29) is 22.3 Å². The predicted molar refractivity (Wildman–Crippen MR) is 87.5 cm³/mol. The molecule has 0 saturated heterocycles. The molecule has 0 fully saturated rings. The Balaban J connectivity index is 2.36. The maximum atomic E-state index is 11.2. The number of phenolic OH excluding ortho intramolecular Hbond substituents is 2. The molecule has 0 aliphatic carbocycles. The van der Waals surface area contributed by atoms with Crippen LogP contribution in [-0.2, 0) is 4.57 Å². The number of rotatable bonds is 5. The highest BCUT2D eigenvalue weighted by Crippen LogP contribution is 2.56. The van der Waals surface area contributed by atoms with Gasteiger partial charge >= 0.3 is 6.80 Å².